The van der Waals surface area contributed by atoms with E-state index in [-0.39, 0.29) is 10.6 Å². The van der Waals surface area contributed by atoms with Crippen LogP contribution in [0.5, 0.6) is 0 Å². The minimum Gasteiger partial charge on any atom is -0.366 e. The molecule has 92 valence electrons. The molecule has 0 spiro atoms. The van der Waals surface area contributed by atoms with E-state index in [1.165, 1.54) is 0 Å². The molecule has 1 N–H and O–H groups in total. The van der Waals surface area contributed by atoms with E-state index in [1.807, 2.05) is 13.0 Å². The normalized spacial score (nSPS) is 15.4. The van der Waals surface area contributed by atoms with Crippen LogP contribution >= 0.6 is 0 Å². The second kappa shape index (κ2) is 4.71. The Bertz CT molecular complexity index is 430. The van der Waals surface area contributed by atoms with E-state index in [2.05, 4.69) is 17.1 Å². The number of nitrogens with zero attached hydrogens (tertiary/aromatic N) is 2. The molecule has 5 nitrogen and oxygen atoms in total. The van der Waals surface area contributed by atoms with Gasteiger partial charge >= 0.3 is 0 Å². The Hall–Kier alpha value is -1.62. The number of likely N-dealkylation sites (N-methyl/N-ethyl adjacent to an activating group) is 1. The summed E-state index contributed by atoms with van der Waals surface area (Å²) in [6.45, 7) is 6.94. The fraction of sp³-hybridized carbons (Fsp3) is 0.500. The fourth-order valence-corrected chi connectivity index (χ4v) is 2.19. The van der Waals surface area contributed by atoms with Crippen LogP contribution in [0.3, 0.4) is 0 Å². The molecule has 5 heteroatoms. The zero-order valence-electron chi connectivity index (χ0n) is 10.1. The number of nitro benzene ring substituents is 1. The van der Waals surface area contributed by atoms with Gasteiger partial charge in [-0.25, -0.2) is 0 Å². The van der Waals surface area contributed by atoms with Crippen LogP contribution in [-0.4, -0.2) is 30.6 Å². The molecule has 0 aliphatic carbocycles. The van der Waals surface area contributed by atoms with Gasteiger partial charge in [0.1, 0.15) is 0 Å². The van der Waals surface area contributed by atoms with Crippen LogP contribution in [0.1, 0.15) is 12.5 Å². The predicted octanol–water partition coefficient (Wildman–Crippen LogP) is 1.70. The minimum absolute atomic E-state index is 0.161. The van der Waals surface area contributed by atoms with Crippen LogP contribution in [-0.2, 0) is 0 Å². The molecule has 1 fully saturated rings. The summed E-state index contributed by atoms with van der Waals surface area (Å²) >= 11 is 0. The van der Waals surface area contributed by atoms with Crippen molar-refractivity contribution in [2.24, 2.45) is 0 Å². The van der Waals surface area contributed by atoms with Gasteiger partial charge in [-0.1, -0.05) is 0 Å². The van der Waals surface area contributed by atoms with Crippen molar-refractivity contribution in [1.29, 1.82) is 0 Å². The molecule has 1 saturated heterocycles. The number of nitro groups is 1. The molecule has 17 heavy (non-hydrogen) atoms. The molecule has 0 atom stereocenters. The lowest BCUT2D eigenvalue weighted by Crippen LogP contribution is -2.57. The molecular formula is C12H17N3O2. The van der Waals surface area contributed by atoms with Gasteiger partial charge < -0.3 is 10.2 Å². The molecule has 1 aromatic rings. The predicted molar refractivity (Wildman–Crippen MR) is 67.5 cm³/mol. The Labute approximate surface area is 101 Å². The third kappa shape index (κ3) is 2.24. The third-order valence-corrected chi connectivity index (χ3v) is 3.24. The van der Waals surface area contributed by atoms with Gasteiger partial charge in [0.2, 0.25) is 0 Å². The van der Waals surface area contributed by atoms with Crippen LogP contribution in [0.4, 0.5) is 11.4 Å². The van der Waals surface area contributed by atoms with E-state index < -0.39 is 0 Å². The van der Waals surface area contributed by atoms with Gasteiger partial charge in [0.15, 0.2) is 0 Å². The summed E-state index contributed by atoms with van der Waals surface area (Å²) in [7, 11) is 0. The SMILES string of the molecule is CCN(c1ccc([N+](=O)[O-])cc1C)C1CNC1. The van der Waals surface area contributed by atoms with Crippen LogP contribution in [0.25, 0.3) is 0 Å². The van der Waals surface area contributed by atoms with E-state index in [9.17, 15) is 10.1 Å². The molecule has 0 aromatic heterocycles. The van der Waals surface area contributed by atoms with E-state index in [0.29, 0.717) is 6.04 Å². The first-order valence-electron chi connectivity index (χ1n) is 5.86. The molecule has 0 bridgehead atoms. The van der Waals surface area contributed by atoms with Gasteiger partial charge in [-0.05, 0) is 25.5 Å². The number of nitrogens with one attached hydrogen (secondary N) is 1. The highest BCUT2D eigenvalue weighted by Gasteiger charge is 2.25. The highest BCUT2D eigenvalue weighted by molar-refractivity contribution is 5.58. The second-order valence-electron chi connectivity index (χ2n) is 4.33. The minimum atomic E-state index is -0.349. The summed E-state index contributed by atoms with van der Waals surface area (Å²) in [6, 6.07) is 5.59. The lowest BCUT2D eigenvalue weighted by Gasteiger charge is -2.39. The van der Waals surface area contributed by atoms with Gasteiger partial charge in [0, 0.05) is 37.5 Å². The van der Waals surface area contributed by atoms with Gasteiger partial charge in [-0.2, -0.15) is 0 Å². The molecule has 1 heterocycles. The van der Waals surface area contributed by atoms with Crippen molar-refractivity contribution in [3.63, 3.8) is 0 Å². The summed E-state index contributed by atoms with van der Waals surface area (Å²) in [4.78, 5) is 12.6. The van der Waals surface area contributed by atoms with E-state index in [1.54, 1.807) is 12.1 Å². The number of aryl methyl sites for hydroxylation is 1. The maximum atomic E-state index is 10.7. The Morgan fingerprint density at radius 1 is 1.53 bits per heavy atom. The van der Waals surface area contributed by atoms with Crippen molar-refractivity contribution in [1.82, 2.24) is 5.32 Å². The maximum absolute atomic E-state index is 10.7. The van der Waals surface area contributed by atoms with Crippen molar-refractivity contribution in [2.45, 2.75) is 19.9 Å². The highest BCUT2D eigenvalue weighted by Crippen LogP contribution is 2.26. The number of hydrogen-bond donors (Lipinski definition) is 1. The van der Waals surface area contributed by atoms with E-state index in [0.717, 1.165) is 30.9 Å². The van der Waals surface area contributed by atoms with Crippen molar-refractivity contribution in [3.8, 4) is 0 Å². The number of hydrogen-bond acceptors (Lipinski definition) is 4. The molecule has 0 radical (unpaired) electrons. The van der Waals surface area contributed by atoms with Crippen molar-refractivity contribution in [3.05, 3.63) is 33.9 Å². The van der Waals surface area contributed by atoms with Crippen molar-refractivity contribution < 1.29 is 4.92 Å². The van der Waals surface area contributed by atoms with Gasteiger partial charge in [-0.3, -0.25) is 10.1 Å². The molecule has 1 aliphatic heterocycles. The monoisotopic (exact) mass is 235 g/mol. The third-order valence-electron chi connectivity index (χ3n) is 3.24. The summed E-state index contributed by atoms with van der Waals surface area (Å²) in [5.41, 5.74) is 2.23. The van der Waals surface area contributed by atoms with E-state index in [4.69, 9.17) is 0 Å². The summed E-state index contributed by atoms with van der Waals surface area (Å²) in [6.07, 6.45) is 0. The number of non-ortho nitro benzene ring substituents is 1. The molecule has 1 aromatic carbocycles. The highest BCUT2D eigenvalue weighted by atomic mass is 16.6. The molecule has 0 unspecified atom stereocenters. The summed E-state index contributed by atoms with van der Waals surface area (Å²) in [5.74, 6) is 0. The molecule has 0 amide bonds. The Kier molecular flexibility index (Phi) is 3.28. The molecule has 2 rings (SSSR count). The lowest BCUT2D eigenvalue weighted by atomic mass is 10.1. The summed E-state index contributed by atoms with van der Waals surface area (Å²) < 4.78 is 0. The van der Waals surface area contributed by atoms with Crippen LogP contribution in [0, 0.1) is 17.0 Å². The maximum Gasteiger partial charge on any atom is 0.269 e. The van der Waals surface area contributed by atoms with Gasteiger partial charge in [0.25, 0.3) is 5.69 Å². The quantitative estimate of drug-likeness (QED) is 0.637. The Morgan fingerprint density at radius 3 is 2.65 bits per heavy atom. The zero-order valence-corrected chi connectivity index (χ0v) is 10.1. The van der Waals surface area contributed by atoms with Gasteiger partial charge in [-0.15, -0.1) is 0 Å². The topological polar surface area (TPSA) is 58.4 Å². The van der Waals surface area contributed by atoms with Crippen LogP contribution in [0.2, 0.25) is 0 Å². The Balaban J connectivity index is 2.27. The standard InChI is InChI=1S/C12H17N3O2/c1-3-14(11-7-13-8-11)12-5-4-10(15(16)17)6-9(12)2/h4-6,11,13H,3,7-8H2,1-2H3. The molecule has 1 aliphatic rings. The zero-order chi connectivity index (χ0) is 12.4. The first-order valence-corrected chi connectivity index (χ1v) is 5.86. The first-order chi connectivity index (χ1) is 8.13. The van der Waals surface area contributed by atoms with Gasteiger partial charge in [0.05, 0.1) is 11.0 Å². The average Bonchev–Trinajstić information content (AvgIpc) is 2.23. The van der Waals surface area contributed by atoms with Crippen LogP contribution in [0.15, 0.2) is 18.2 Å². The number of benzene rings is 1. The van der Waals surface area contributed by atoms with Crippen molar-refractivity contribution >= 4 is 11.4 Å². The molecular weight excluding hydrogens is 218 g/mol. The Morgan fingerprint density at radius 2 is 2.24 bits per heavy atom. The molecule has 0 saturated carbocycles. The fourth-order valence-electron chi connectivity index (χ4n) is 2.19. The smallest absolute Gasteiger partial charge is 0.269 e. The number of rotatable bonds is 4. The second-order valence-corrected chi connectivity index (χ2v) is 4.33. The lowest BCUT2D eigenvalue weighted by molar-refractivity contribution is -0.384. The van der Waals surface area contributed by atoms with Crippen LogP contribution < -0.4 is 10.2 Å². The number of anilines is 1. The summed E-state index contributed by atoms with van der Waals surface area (Å²) in [5, 5.41) is 13.9. The average molecular weight is 235 g/mol. The largest absolute Gasteiger partial charge is 0.366 e. The van der Waals surface area contributed by atoms with E-state index >= 15 is 0 Å². The first kappa shape index (κ1) is 11.9. The van der Waals surface area contributed by atoms with Crippen molar-refractivity contribution in [2.75, 3.05) is 24.5 Å².